The predicted octanol–water partition coefficient (Wildman–Crippen LogP) is 3.94. The Balaban J connectivity index is 2.12. The lowest BCUT2D eigenvalue weighted by Gasteiger charge is -2.03. The molecular weight excluding hydrogens is 286 g/mol. The molecular formula is C17H12F2N2O. The number of hydrogen-bond donors (Lipinski definition) is 0. The van der Waals surface area contributed by atoms with E-state index in [-0.39, 0.29) is 17.3 Å². The third-order valence-corrected chi connectivity index (χ3v) is 3.30. The molecule has 0 fully saturated rings. The fourth-order valence-electron chi connectivity index (χ4n) is 2.31. The van der Waals surface area contributed by atoms with Crippen molar-refractivity contribution in [3.05, 3.63) is 71.6 Å². The first-order chi connectivity index (χ1) is 10.6. The summed E-state index contributed by atoms with van der Waals surface area (Å²) in [5.41, 5.74) is 2.73. The van der Waals surface area contributed by atoms with Crippen LogP contribution in [0.5, 0.6) is 0 Å². The van der Waals surface area contributed by atoms with Crippen molar-refractivity contribution in [2.24, 2.45) is 0 Å². The van der Waals surface area contributed by atoms with Gasteiger partial charge in [0.25, 0.3) is 0 Å². The number of aromatic nitrogens is 2. The minimum atomic E-state index is -0.374. The fourth-order valence-corrected chi connectivity index (χ4v) is 2.31. The second-order valence-corrected chi connectivity index (χ2v) is 4.98. The standard InChI is InChI=1S/C17H12F2N2O/c1-11-6-14(19)8-15(7-11)21-9-16(17(10-22)20-21)12-2-4-13(18)5-3-12/h2-10H,1H3. The van der Waals surface area contributed by atoms with E-state index in [1.807, 2.05) is 0 Å². The number of aldehydes is 1. The van der Waals surface area contributed by atoms with Crippen LogP contribution in [0.2, 0.25) is 0 Å². The van der Waals surface area contributed by atoms with E-state index < -0.39 is 0 Å². The van der Waals surface area contributed by atoms with Crippen LogP contribution in [0.4, 0.5) is 8.78 Å². The molecule has 0 amide bonds. The SMILES string of the molecule is Cc1cc(F)cc(-n2cc(-c3ccc(F)cc3)c(C=O)n2)c1. The first-order valence-corrected chi connectivity index (χ1v) is 6.65. The van der Waals surface area contributed by atoms with Gasteiger partial charge >= 0.3 is 0 Å². The van der Waals surface area contributed by atoms with Gasteiger partial charge in [-0.2, -0.15) is 5.10 Å². The molecule has 3 aromatic rings. The summed E-state index contributed by atoms with van der Waals surface area (Å²) in [4.78, 5) is 11.2. The van der Waals surface area contributed by atoms with E-state index in [1.165, 1.54) is 28.9 Å². The number of carbonyl (C=O) groups is 1. The minimum Gasteiger partial charge on any atom is -0.296 e. The molecule has 0 saturated heterocycles. The van der Waals surface area contributed by atoms with Gasteiger partial charge in [0.05, 0.1) is 5.69 Å². The number of halogens is 2. The molecule has 0 aliphatic heterocycles. The lowest BCUT2D eigenvalue weighted by Crippen LogP contribution is -1.97. The Bertz CT molecular complexity index is 818. The second-order valence-electron chi connectivity index (χ2n) is 4.98. The third kappa shape index (κ3) is 2.65. The van der Waals surface area contributed by atoms with Crippen molar-refractivity contribution in [2.45, 2.75) is 6.92 Å². The largest absolute Gasteiger partial charge is 0.296 e. The summed E-state index contributed by atoms with van der Waals surface area (Å²) < 4.78 is 28.0. The molecule has 0 atom stereocenters. The molecule has 1 aromatic heterocycles. The highest BCUT2D eigenvalue weighted by Gasteiger charge is 2.12. The van der Waals surface area contributed by atoms with Gasteiger partial charge < -0.3 is 0 Å². The van der Waals surface area contributed by atoms with Gasteiger partial charge in [-0.05, 0) is 48.4 Å². The van der Waals surface area contributed by atoms with E-state index in [4.69, 9.17) is 0 Å². The fraction of sp³-hybridized carbons (Fsp3) is 0.0588. The van der Waals surface area contributed by atoms with Crippen LogP contribution < -0.4 is 0 Å². The van der Waals surface area contributed by atoms with Crippen LogP contribution in [-0.2, 0) is 0 Å². The molecule has 0 radical (unpaired) electrons. The molecule has 0 bridgehead atoms. The summed E-state index contributed by atoms with van der Waals surface area (Å²) in [7, 11) is 0. The van der Waals surface area contributed by atoms with Crippen LogP contribution in [0.25, 0.3) is 16.8 Å². The highest BCUT2D eigenvalue weighted by molar-refractivity contribution is 5.85. The summed E-state index contributed by atoms with van der Waals surface area (Å²) in [5, 5.41) is 4.17. The van der Waals surface area contributed by atoms with Gasteiger partial charge in [0, 0.05) is 11.8 Å². The first kappa shape index (κ1) is 14.1. The van der Waals surface area contributed by atoms with Crippen LogP contribution >= 0.6 is 0 Å². The highest BCUT2D eigenvalue weighted by atomic mass is 19.1. The number of benzene rings is 2. The van der Waals surface area contributed by atoms with Crippen LogP contribution in [0.1, 0.15) is 16.1 Å². The molecule has 3 nitrogen and oxygen atoms in total. The first-order valence-electron chi connectivity index (χ1n) is 6.65. The summed E-state index contributed by atoms with van der Waals surface area (Å²) >= 11 is 0. The van der Waals surface area contributed by atoms with Crippen molar-refractivity contribution < 1.29 is 13.6 Å². The molecule has 0 aliphatic rings. The highest BCUT2D eigenvalue weighted by Crippen LogP contribution is 2.24. The van der Waals surface area contributed by atoms with Gasteiger partial charge in [-0.15, -0.1) is 0 Å². The lowest BCUT2D eigenvalue weighted by atomic mass is 10.1. The van der Waals surface area contributed by atoms with Gasteiger partial charge in [-0.25, -0.2) is 13.5 Å². The Labute approximate surface area is 125 Å². The topological polar surface area (TPSA) is 34.9 Å². The Morgan fingerprint density at radius 2 is 1.77 bits per heavy atom. The normalized spacial score (nSPS) is 10.7. The van der Waals surface area contributed by atoms with E-state index in [0.29, 0.717) is 23.1 Å². The third-order valence-electron chi connectivity index (χ3n) is 3.30. The maximum Gasteiger partial charge on any atom is 0.170 e. The van der Waals surface area contributed by atoms with Gasteiger partial charge in [-0.3, -0.25) is 4.79 Å². The number of carbonyl (C=O) groups excluding carboxylic acids is 1. The number of aryl methyl sites for hydroxylation is 1. The Morgan fingerprint density at radius 1 is 1.05 bits per heavy atom. The number of nitrogens with zero attached hydrogens (tertiary/aromatic N) is 2. The lowest BCUT2D eigenvalue weighted by molar-refractivity contribution is 0.111. The van der Waals surface area contributed by atoms with E-state index in [1.54, 1.807) is 31.3 Å². The smallest absolute Gasteiger partial charge is 0.170 e. The van der Waals surface area contributed by atoms with Gasteiger partial charge in [0.15, 0.2) is 6.29 Å². The molecule has 110 valence electrons. The quantitative estimate of drug-likeness (QED) is 0.686. The van der Waals surface area contributed by atoms with Crippen LogP contribution in [0.3, 0.4) is 0 Å². The van der Waals surface area contributed by atoms with E-state index in [9.17, 15) is 13.6 Å². The molecule has 5 heteroatoms. The average Bonchev–Trinajstić information content (AvgIpc) is 2.91. The van der Waals surface area contributed by atoms with Gasteiger partial charge in [0.1, 0.15) is 17.3 Å². The van der Waals surface area contributed by atoms with Gasteiger partial charge in [-0.1, -0.05) is 12.1 Å². The van der Waals surface area contributed by atoms with Crippen molar-refractivity contribution in [3.8, 4) is 16.8 Å². The van der Waals surface area contributed by atoms with Crippen LogP contribution in [-0.4, -0.2) is 16.1 Å². The van der Waals surface area contributed by atoms with E-state index in [2.05, 4.69) is 5.10 Å². The molecule has 0 saturated carbocycles. The van der Waals surface area contributed by atoms with E-state index >= 15 is 0 Å². The van der Waals surface area contributed by atoms with Crippen LogP contribution in [0, 0.1) is 18.6 Å². The zero-order valence-corrected chi connectivity index (χ0v) is 11.8. The molecule has 0 N–H and O–H groups in total. The maximum atomic E-state index is 13.5. The Kier molecular flexibility index (Phi) is 3.55. The van der Waals surface area contributed by atoms with E-state index in [0.717, 1.165) is 5.56 Å². The Morgan fingerprint density at radius 3 is 2.41 bits per heavy atom. The minimum absolute atomic E-state index is 0.216. The Hall–Kier alpha value is -2.82. The summed E-state index contributed by atoms with van der Waals surface area (Å²) in [6.45, 7) is 1.78. The molecule has 0 unspecified atom stereocenters. The van der Waals surface area contributed by atoms with Crippen molar-refractivity contribution in [3.63, 3.8) is 0 Å². The van der Waals surface area contributed by atoms with Crippen molar-refractivity contribution in [1.29, 1.82) is 0 Å². The van der Waals surface area contributed by atoms with Crippen molar-refractivity contribution in [2.75, 3.05) is 0 Å². The zero-order valence-electron chi connectivity index (χ0n) is 11.8. The summed E-state index contributed by atoms with van der Waals surface area (Å²) in [6.07, 6.45) is 2.26. The molecule has 3 rings (SSSR count). The van der Waals surface area contributed by atoms with Crippen LogP contribution in [0.15, 0.2) is 48.7 Å². The van der Waals surface area contributed by atoms with Gasteiger partial charge in [0.2, 0.25) is 0 Å². The zero-order chi connectivity index (χ0) is 15.7. The number of hydrogen-bond acceptors (Lipinski definition) is 2. The predicted molar refractivity (Wildman–Crippen MR) is 79.0 cm³/mol. The number of rotatable bonds is 3. The average molecular weight is 298 g/mol. The maximum absolute atomic E-state index is 13.5. The molecule has 1 heterocycles. The summed E-state index contributed by atoms with van der Waals surface area (Å²) in [5.74, 6) is -0.731. The second kappa shape index (κ2) is 5.52. The molecule has 2 aromatic carbocycles. The summed E-state index contributed by atoms with van der Waals surface area (Å²) in [6, 6.07) is 10.3. The molecule has 22 heavy (non-hydrogen) atoms. The van der Waals surface area contributed by atoms with Crippen molar-refractivity contribution >= 4 is 6.29 Å². The molecule has 0 aliphatic carbocycles. The monoisotopic (exact) mass is 298 g/mol. The molecule has 0 spiro atoms. The van der Waals surface area contributed by atoms with Crippen molar-refractivity contribution in [1.82, 2.24) is 9.78 Å².